The number of methoxy groups -OCH3 is 2. The molecule has 2 rings (SSSR count). The number of hydrogen-bond donors (Lipinski definition) is 2. The van der Waals surface area contributed by atoms with Crippen LogP contribution in [0.25, 0.3) is 0 Å². The van der Waals surface area contributed by atoms with Gasteiger partial charge in [-0.15, -0.1) is 11.8 Å². The molecule has 1 aliphatic rings. The summed E-state index contributed by atoms with van der Waals surface area (Å²) in [6.07, 6.45) is 3.87. The van der Waals surface area contributed by atoms with E-state index in [-0.39, 0.29) is 18.7 Å². The SMILES string of the molecule is COC(=O)C[C@@H](NC(=O)CC[C@@]1(Cc2ccc(SC)cc2)CCC(=O)N1)C(=O)OC. The summed E-state index contributed by atoms with van der Waals surface area (Å²) in [5, 5.41) is 5.57. The molecule has 0 bridgehead atoms. The van der Waals surface area contributed by atoms with Crippen molar-refractivity contribution in [2.75, 3.05) is 20.5 Å². The lowest BCUT2D eigenvalue weighted by atomic mass is 9.85. The normalized spacial score (nSPS) is 19.0. The van der Waals surface area contributed by atoms with Gasteiger partial charge in [0.1, 0.15) is 6.04 Å². The summed E-state index contributed by atoms with van der Waals surface area (Å²) in [4.78, 5) is 48.9. The fraction of sp³-hybridized carbons (Fsp3) is 0.524. The Balaban J connectivity index is 2.02. The lowest BCUT2D eigenvalue weighted by Gasteiger charge is -2.29. The molecule has 164 valence electrons. The Hall–Kier alpha value is -2.55. The summed E-state index contributed by atoms with van der Waals surface area (Å²) in [6.45, 7) is 0. The van der Waals surface area contributed by atoms with Gasteiger partial charge in [0, 0.05) is 23.3 Å². The number of carbonyl (C=O) groups is 4. The quantitative estimate of drug-likeness (QED) is 0.423. The van der Waals surface area contributed by atoms with E-state index in [0.29, 0.717) is 25.7 Å². The van der Waals surface area contributed by atoms with Gasteiger partial charge in [0.25, 0.3) is 0 Å². The minimum absolute atomic E-state index is 0.0331. The number of amides is 2. The number of esters is 2. The topological polar surface area (TPSA) is 111 Å². The fourth-order valence-electron chi connectivity index (χ4n) is 3.52. The third-order valence-electron chi connectivity index (χ3n) is 5.19. The lowest BCUT2D eigenvalue weighted by Crippen LogP contribution is -2.46. The highest BCUT2D eigenvalue weighted by atomic mass is 32.2. The summed E-state index contributed by atoms with van der Waals surface area (Å²) < 4.78 is 9.21. The van der Waals surface area contributed by atoms with E-state index in [4.69, 9.17) is 0 Å². The van der Waals surface area contributed by atoms with E-state index in [0.717, 1.165) is 10.5 Å². The maximum absolute atomic E-state index is 12.5. The molecule has 1 fully saturated rings. The minimum Gasteiger partial charge on any atom is -0.469 e. The van der Waals surface area contributed by atoms with Gasteiger partial charge in [0.15, 0.2) is 0 Å². The van der Waals surface area contributed by atoms with Crippen LogP contribution in [0.3, 0.4) is 0 Å². The van der Waals surface area contributed by atoms with Crippen LogP contribution < -0.4 is 10.6 Å². The zero-order chi connectivity index (χ0) is 22.1. The number of carbonyl (C=O) groups excluding carboxylic acids is 4. The molecule has 9 heteroatoms. The van der Waals surface area contributed by atoms with E-state index in [9.17, 15) is 19.2 Å². The van der Waals surface area contributed by atoms with E-state index >= 15 is 0 Å². The zero-order valence-corrected chi connectivity index (χ0v) is 18.3. The van der Waals surface area contributed by atoms with Crippen LogP contribution in [0.5, 0.6) is 0 Å². The van der Waals surface area contributed by atoms with Gasteiger partial charge >= 0.3 is 11.9 Å². The van der Waals surface area contributed by atoms with Crippen molar-refractivity contribution in [1.29, 1.82) is 0 Å². The molecule has 0 radical (unpaired) electrons. The second-order valence-electron chi connectivity index (χ2n) is 7.28. The molecule has 0 unspecified atom stereocenters. The van der Waals surface area contributed by atoms with Crippen LogP contribution in [0.4, 0.5) is 0 Å². The highest BCUT2D eigenvalue weighted by Crippen LogP contribution is 2.30. The Morgan fingerprint density at radius 1 is 1.20 bits per heavy atom. The van der Waals surface area contributed by atoms with E-state index in [1.807, 2.05) is 30.5 Å². The molecule has 1 saturated heterocycles. The van der Waals surface area contributed by atoms with Crippen molar-refractivity contribution in [3.8, 4) is 0 Å². The van der Waals surface area contributed by atoms with Crippen LogP contribution in [0, 0.1) is 0 Å². The molecule has 0 saturated carbocycles. The summed E-state index contributed by atoms with van der Waals surface area (Å²) in [7, 11) is 2.39. The molecule has 1 aromatic carbocycles. The van der Waals surface area contributed by atoms with Crippen LogP contribution in [-0.4, -0.2) is 55.8 Å². The van der Waals surface area contributed by atoms with Gasteiger partial charge in [0.05, 0.1) is 20.6 Å². The van der Waals surface area contributed by atoms with Crippen molar-refractivity contribution >= 4 is 35.5 Å². The molecule has 0 spiro atoms. The average molecular weight is 437 g/mol. The molecular weight excluding hydrogens is 408 g/mol. The van der Waals surface area contributed by atoms with Crippen molar-refractivity contribution in [2.24, 2.45) is 0 Å². The highest BCUT2D eigenvalue weighted by Gasteiger charge is 2.38. The van der Waals surface area contributed by atoms with Crippen LogP contribution in [0.15, 0.2) is 29.2 Å². The number of benzene rings is 1. The predicted molar refractivity (Wildman–Crippen MR) is 112 cm³/mol. The molecule has 2 amide bonds. The Morgan fingerprint density at radius 3 is 2.43 bits per heavy atom. The van der Waals surface area contributed by atoms with E-state index in [1.54, 1.807) is 11.8 Å². The molecule has 8 nitrogen and oxygen atoms in total. The third-order valence-corrected chi connectivity index (χ3v) is 5.93. The van der Waals surface area contributed by atoms with Crippen LogP contribution in [0.1, 0.15) is 37.7 Å². The Labute approximate surface area is 180 Å². The number of hydrogen-bond acceptors (Lipinski definition) is 7. The first kappa shape index (κ1) is 23.7. The smallest absolute Gasteiger partial charge is 0.328 e. The van der Waals surface area contributed by atoms with E-state index in [1.165, 1.54) is 14.2 Å². The fourth-order valence-corrected chi connectivity index (χ4v) is 3.93. The van der Waals surface area contributed by atoms with Crippen LogP contribution >= 0.6 is 11.8 Å². The van der Waals surface area contributed by atoms with E-state index < -0.39 is 29.4 Å². The third kappa shape index (κ3) is 6.76. The van der Waals surface area contributed by atoms with Gasteiger partial charge in [-0.2, -0.15) is 0 Å². The molecule has 2 N–H and O–H groups in total. The van der Waals surface area contributed by atoms with Gasteiger partial charge in [-0.3, -0.25) is 14.4 Å². The molecule has 0 aromatic heterocycles. The Bertz CT molecular complexity index is 782. The van der Waals surface area contributed by atoms with Gasteiger partial charge in [-0.25, -0.2) is 4.79 Å². The van der Waals surface area contributed by atoms with Gasteiger partial charge in [0.2, 0.25) is 11.8 Å². The van der Waals surface area contributed by atoms with Crippen molar-refractivity contribution in [1.82, 2.24) is 10.6 Å². The Morgan fingerprint density at radius 2 is 1.90 bits per heavy atom. The summed E-state index contributed by atoms with van der Waals surface area (Å²) in [6, 6.07) is 7.02. The predicted octanol–water partition coefficient (Wildman–Crippen LogP) is 1.60. The van der Waals surface area contributed by atoms with Crippen LogP contribution in [-0.2, 0) is 35.1 Å². The summed E-state index contributed by atoms with van der Waals surface area (Å²) >= 11 is 1.66. The van der Waals surface area contributed by atoms with Crippen molar-refractivity contribution in [3.63, 3.8) is 0 Å². The molecule has 1 aromatic rings. The molecular formula is C21H28N2O6S. The van der Waals surface area contributed by atoms with Crippen molar-refractivity contribution in [3.05, 3.63) is 29.8 Å². The maximum Gasteiger partial charge on any atom is 0.328 e. The number of thioether (sulfide) groups is 1. The highest BCUT2D eigenvalue weighted by molar-refractivity contribution is 7.98. The molecule has 0 aliphatic carbocycles. The summed E-state index contributed by atoms with van der Waals surface area (Å²) in [5.41, 5.74) is 0.562. The molecule has 1 heterocycles. The minimum atomic E-state index is -1.11. The molecule has 2 atom stereocenters. The van der Waals surface area contributed by atoms with Gasteiger partial charge in [-0.05, 0) is 43.2 Å². The standard InChI is InChI=1S/C21H28N2O6S/c1-28-19(26)12-16(20(27)29-2)22-17(24)8-10-21(11-9-18(25)23-21)13-14-4-6-15(30-3)7-5-14/h4-7,16H,8-13H2,1-3H3,(H,22,24)(H,23,25)/t16-,21+/m1/s1. The first-order chi connectivity index (χ1) is 14.3. The summed E-state index contributed by atoms with van der Waals surface area (Å²) in [5.74, 6) is -1.77. The van der Waals surface area contributed by atoms with Crippen molar-refractivity contribution in [2.45, 2.75) is 55.0 Å². The van der Waals surface area contributed by atoms with Gasteiger partial charge < -0.3 is 20.1 Å². The second-order valence-corrected chi connectivity index (χ2v) is 8.16. The zero-order valence-electron chi connectivity index (χ0n) is 17.5. The van der Waals surface area contributed by atoms with Gasteiger partial charge in [-0.1, -0.05) is 12.1 Å². The number of ether oxygens (including phenoxy) is 2. The maximum atomic E-state index is 12.5. The number of nitrogens with one attached hydrogen (secondary N) is 2. The van der Waals surface area contributed by atoms with Crippen LogP contribution in [0.2, 0.25) is 0 Å². The van der Waals surface area contributed by atoms with Crippen molar-refractivity contribution < 1.29 is 28.7 Å². The first-order valence-electron chi connectivity index (χ1n) is 9.69. The molecule has 30 heavy (non-hydrogen) atoms. The molecule has 1 aliphatic heterocycles. The average Bonchev–Trinajstić information content (AvgIpc) is 3.12. The monoisotopic (exact) mass is 436 g/mol. The largest absolute Gasteiger partial charge is 0.469 e. The Kier molecular flexibility index (Phi) is 8.71. The second kappa shape index (κ2) is 11.0. The first-order valence-corrected chi connectivity index (χ1v) is 10.9. The van der Waals surface area contributed by atoms with E-state index in [2.05, 4.69) is 20.1 Å². The lowest BCUT2D eigenvalue weighted by molar-refractivity contribution is -0.150. The number of rotatable bonds is 10.